The summed E-state index contributed by atoms with van der Waals surface area (Å²) in [5.41, 5.74) is 0.988. The minimum atomic E-state index is -0.763. The Kier molecular flexibility index (Phi) is 5.02. The van der Waals surface area contributed by atoms with Crippen LogP contribution in [-0.4, -0.2) is 28.0 Å². The average molecular weight is 357 g/mol. The average Bonchev–Trinajstić information content (AvgIpc) is 3.12. The number of hydrogen-bond acceptors (Lipinski definition) is 4. The number of carbonyl (C=O) groups excluding carboxylic acids is 2. The number of nitrogens with one attached hydrogen (secondary N) is 1. The van der Waals surface area contributed by atoms with E-state index in [0.717, 1.165) is 0 Å². The molecule has 0 radical (unpaired) electrons. The predicted molar refractivity (Wildman–Crippen MR) is 88.8 cm³/mol. The molecule has 1 amide bonds. The fraction of sp³-hybridized carbons (Fsp3) is 0.0556. The number of esters is 1. The minimum Gasteiger partial charge on any atom is -0.451 e. The van der Waals surface area contributed by atoms with Crippen LogP contribution >= 0.6 is 0 Å². The summed E-state index contributed by atoms with van der Waals surface area (Å²) in [7, 11) is 0. The van der Waals surface area contributed by atoms with E-state index < -0.39 is 30.1 Å². The molecule has 132 valence electrons. The summed E-state index contributed by atoms with van der Waals surface area (Å²) in [6.07, 6.45) is 2.66. The Morgan fingerprint density at radius 3 is 2.27 bits per heavy atom. The summed E-state index contributed by atoms with van der Waals surface area (Å²) < 4.78 is 32.2. The second-order valence-electron chi connectivity index (χ2n) is 5.26. The van der Waals surface area contributed by atoms with Gasteiger partial charge < -0.3 is 10.1 Å². The Bertz CT molecular complexity index is 922. The molecule has 0 saturated heterocycles. The normalized spacial score (nSPS) is 10.4. The molecule has 6 nitrogen and oxygen atoms in total. The van der Waals surface area contributed by atoms with Gasteiger partial charge in [0, 0.05) is 11.4 Å². The maximum absolute atomic E-state index is 13.0. The minimum absolute atomic E-state index is 0.0891. The van der Waals surface area contributed by atoms with E-state index in [1.54, 1.807) is 0 Å². The molecule has 0 aliphatic heterocycles. The fourth-order valence-electron chi connectivity index (χ4n) is 2.19. The number of rotatable bonds is 5. The van der Waals surface area contributed by atoms with Crippen molar-refractivity contribution < 1.29 is 23.1 Å². The predicted octanol–water partition coefficient (Wildman–Crippen LogP) is 2.95. The van der Waals surface area contributed by atoms with Gasteiger partial charge in [0.15, 0.2) is 12.3 Å². The number of halogens is 2. The van der Waals surface area contributed by atoms with Crippen molar-refractivity contribution in [1.29, 1.82) is 0 Å². The van der Waals surface area contributed by atoms with Crippen molar-refractivity contribution in [2.24, 2.45) is 0 Å². The molecule has 0 fully saturated rings. The Morgan fingerprint density at radius 2 is 1.62 bits per heavy atom. The molecule has 3 aromatic rings. The van der Waals surface area contributed by atoms with Gasteiger partial charge in [-0.3, -0.25) is 9.36 Å². The molecule has 8 heteroatoms. The highest BCUT2D eigenvalue weighted by Crippen LogP contribution is 2.13. The van der Waals surface area contributed by atoms with E-state index in [4.69, 9.17) is 4.74 Å². The van der Waals surface area contributed by atoms with Crippen LogP contribution in [0, 0.1) is 11.6 Å². The lowest BCUT2D eigenvalue weighted by molar-refractivity contribution is -0.119. The molecule has 0 saturated carbocycles. The Morgan fingerprint density at radius 1 is 1.00 bits per heavy atom. The highest BCUT2D eigenvalue weighted by atomic mass is 19.1. The van der Waals surface area contributed by atoms with Crippen LogP contribution in [0.4, 0.5) is 14.5 Å². The third-order valence-electron chi connectivity index (χ3n) is 3.41. The largest absolute Gasteiger partial charge is 0.451 e. The van der Waals surface area contributed by atoms with Crippen LogP contribution in [0.5, 0.6) is 0 Å². The van der Waals surface area contributed by atoms with Crippen LogP contribution in [0.25, 0.3) is 5.69 Å². The molecule has 0 bridgehead atoms. The van der Waals surface area contributed by atoms with Gasteiger partial charge in [-0.05, 0) is 48.5 Å². The third-order valence-corrected chi connectivity index (χ3v) is 3.41. The number of nitrogens with zero attached hydrogens (tertiary/aromatic N) is 2. The van der Waals surface area contributed by atoms with E-state index in [-0.39, 0.29) is 5.69 Å². The topological polar surface area (TPSA) is 73.2 Å². The van der Waals surface area contributed by atoms with Crippen LogP contribution in [0.2, 0.25) is 0 Å². The summed E-state index contributed by atoms with van der Waals surface area (Å²) in [6.45, 7) is -0.523. The van der Waals surface area contributed by atoms with Gasteiger partial charge in [0.2, 0.25) is 0 Å². The second kappa shape index (κ2) is 7.56. The lowest BCUT2D eigenvalue weighted by atomic mass is 10.3. The first kappa shape index (κ1) is 17.3. The molecule has 0 atom stereocenters. The van der Waals surface area contributed by atoms with Gasteiger partial charge in [0.05, 0.1) is 12.5 Å². The number of amides is 1. The molecule has 1 aromatic heterocycles. The molecule has 26 heavy (non-hydrogen) atoms. The number of hydrogen-bond donors (Lipinski definition) is 1. The van der Waals surface area contributed by atoms with Crippen LogP contribution in [0.3, 0.4) is 0 Å². The first-order chi connectivity index (χ1) is 12.5. The van der Waals surface area contributed by atoms with E-state index in [1.807, 2.05) is 0 Å². The molecule has 0 aliphatic carbocycles. The van der Waals surface area contributed by atoms with Crippen LogP contribution in [0.15, 0.2) is 61.1 Å². The van der Waals surface area contributed by atoms with E-state index in [1.165, 1.54) is 65.6 Å². The van der Waals surface area contributed by atoms with Gasteiger partial charge in [0.1, 0.15) is 11.6 Å². The molecule has 0 spiro atoms. The Hall–Kier alpha value is -3.55. The summed E-state index contributed by atoms with van der Waals surface area (Å²) in [5.74, 6) is -2.17. The second-order valence-corrected chi connectivity index (χ2v) is 5.26. The molecule has 0 unspecified atom stereocenters. The smallest absolute Gasteiger partial charge is 0.357 e. The molecule has 1 N–H and O–H groups in total. The highest BCUT2D eigenvalue weighted by molar-refractivity contribution is 5.95. The van der Waals surface area contributed by atoms with Crippen LogP contribution in [-0.2, 0) is 9.53 Å². The van der Waals surface area contributed by atoms with Crippen molar-refractivity contribution in [2.75, 3.05) is 11.9 Å². The van der Waals surface area contributed by atoms with Gasteiger partial charge in [-0.25, -0.2) is 18.6 Å². The summed E-state index contributed by atoms with van der Waals surface area (Å²) in [6, 6.07) is 10.6. The Labute approximate surface area is 147 Å². The van der Waals surface area contributed by atoms with E-state index in [9.17, 15) is 18.4 Å². The van der Waals surface area contributed by atoms with E-state index in [0.29, 0.717) is 11.4 Å². The fourth-order valence-corrected chi connectivity index (χ4v) is 2.19. The number of anilines is 1. The monoisotopic (exact) mass is 357 g/mol. The van der Waals surface area contributed by atoms with Crippen molar-refractivity contribution >= 4 is 17.6 Å². The zero-order valence-corrected chi connectivity index (χ0v) is 13.4. The number of carbonyl (C=O) groups is 2. The number of benzene rings is 2. The number of ether oxygens (including phenoxy) is 1. The van der Waals surface area contributed by atoms with Crippen molar-refractivity contribution in [2.45, 2.75) is 0 Å². The van der Waals surface area contributed by atoms with Gasteiger partial charge in [-0.2, -0.15) is 0 Å². The first-order valence-corrected chi connectivity index (χ1v) is 7.54. The molecule has 3 rings (SSSR count). The first-order valence-electron chi connectivity index (χ1n) is 7.54. The van der Waals surface area contributed by atoms with Gasteiger partial charge >= 0.3 is 5.97 Å². The van der Waals surface area contributed by atoms with E-state index >= 15 is 0 Å². The summed E-state index contributed by atoms with van der Waals surface area (Å²) in [5, 5.41) is 2.48. The van der Waals surface area contributed by atoms with E-state index in [2.05, 4.69) is 10.3 Å². The standard InChI is InChI=1S/C18H13F2N3O3/c19-12-1-5-14(6-2-12)22-17(24)10-26-18(25)16-9-21-11-23(16)15-7-3-13(20)4-8-15/h1-9,11H,10H2,(H,22,24). The zero-order valence-electron chi connectivity index (χ0n) is 13.4. The summed E-state index contributed by atoms with van der Waals surface area (Å²) >= 11 is 0. The quantitative estimate of drug-likeness (QED) is 0.713. The molecule has 0 aliphatic rings. The van der Waals surface area contributed by atoms with Crippen molar-refractivity contribution in [3.05, 3.63) is 78.4 Å². The third kappa shape index (κ3) is 4.10. The van der Waals surface area contributed by atoms with Gasteiger partial charge in [-0.15, -0.1) is 0 Å². The zero-order chi connectivity index (χ0) is 18.5. The number of imidazole rings is 1. The summed E-state index contributed by atoms with van der Waals surface area (Å²) in [4.78, 5) is 27.9. The maximum atomic E-state index is 13.0. The molecule has 1 heterocycles. The van der Waals surface area contributed by atoms with Gasteiger partial charge in [0.25, 0.3) is 5.91 Å². The molecular formula is C18H13F2N3O3. The Balaban J connectivity index is 1.62. The van der Waals surface area contributed by atoms with Crippen molar-refractivity contribution in [3.63, 3.8) is 0 Å². The molecule has 2 aromatic carbocycles. The lowest BCUT2D eigenvalue weighted by Crippen LogP contribution is -2.22. The number of aromatic nitrogens is 2. The highest BCUT2D eigenvalue weighted by Gasteiger charge is 2.16. The molecular weight excluding hydrogens is 344 g/mol. The van der Waals surface area contributed by atoms with Gasteiger partial charge in [-0.1, -0.05) is 0 Å². The van der Waals surface area contributed by atoms with Crippen LogP contribution < -0.4 is 5.32 Å². The maximum Gasteiger partial charge on any atom is 0.357 e. The lowest BCUT2D eigenvalue weighted by Gasteiger charge is -2.09. The van der Waals surface area contributed by atoms with Crippen molar-refractivity contribution in [1.82, 2.24) is 9.55 Å². The van der Waals surface area contributed by atoms with Crippen molar-refractivity contribution in [3.8, 4) is 5.69 Å². The van der Waals surface area contributed by atoms with Crippen LogP contribution in [0.1, 0.15) is 10.5 Å². The SMILES string of the molecule is O=C(COC(=O)c1cncn1-c1ccc(F)cc1)Nc1ccc(F)cc1.